The summed E-state index contributed by atoms with van der Waals surface area (Å²) in [5, 5.41) is -0.306. The van der Waals surface area contributed by atoms with Crippen LogP contribution in [-0.2, 0) is 38.1 Å². The first-order chi connectivity index (χ1) is 19.9. The predicted molar refractivity (Wildman–Crippen MR) is 166 cm³/mol. The van der Waals surface area contributed by atoms with Gasteiger partial charge in [0.2, 0.25) is 0 Å². The quantitative estimate of drug-likeness (QED) is 0.273. The summed E-state index contributed by atoms with van der Waals surface area (Å²) in [6, 6.07) is 6.15. The van der Waals surface area contributed by atoms with Crippen LogP contribution in [0.4, 0.5) is 5.69 Å². The number of hydrogen-bond donors (Lipinski definition) is 0. The molecule has 3 heterocycles. The molecule has 0 saturated carbocycles. The molecule has 0 aromatic heterocycles. The van der Waals surface area contributed by atoms with Crippen LogP contribution < -0.4 is 4.90 Å². The topological polar surface area (TPSA) is 108 Å². The number of thioether (sulfide) groups is 3. The van der Waals surface area contributed by atoms with Crippen molar-refractivity contribution in [3.8, 4) is 0 Å². The van der Waals surface area contributed by atoms with Gasteiger partial charge in [0.05, 0.1) is 32.0 Å². The molecule has 228 valence electrons. The van der Waals surface area contributed by atoms with Gasteiger partial charge in [-0.25, -0.2) is 19.2 Å². The lowest BCUT2D eigenvalue weighted by Crippen LogP contribution is -2.60. The Labute approximate surface area is 259 Å². The van der Waals surface area contributed by atoms with Gasteiger partial charge in [0.1, 0.15) is 18.8 Å². The van der Waals surface area contributed by atoms with Gasteiger partial charge in [-0.3, -0.25) is 0 Å². The van der Waals surface area contributed by atoms with Crippen molar-refractivity contribution in [1.82, 2.24) is 0 Å². The number of benzene rings is 1. The van der Waals surface area contributed by atoms with Gasteiger partial charge >= 0.3 is 23.9 Å². The van der Waals surface area contributed by atoms with E-state index >= 15 is 0 Å². The zero-order valence-corrected chi connectivity index (χ0v) is 27.6. The van der Waals surface area contributed by atoms with E-state index in [1.807, 2.05) is 26.1 Å². The van der Waals surface area contributed by atoms with Crippen molar-refractivity contribution in [3.63, 3.8) is 0 Å². The minimum atomic E-state index is -1.35. The fourth-order valence-corrected chi connectivity index (χ4v) is 11.0. The van der Waals surface area contributed by atoms with Crippen LogP contribution in [0, 0.1) is 6.92 Å². The summed E-state index contributed by atoms with van der Waals surface area (Å²) in [5.41, 5.74) is 2.43. The van der Waals surface area contributed by atoms with Crippen LogP contribution in [-0.4, -0.2) is 72.2 Å². The number of aryl methyl sites for hydroxylation is 1. The Morgan fingerprint density at radius 3 is 1.76 bits per heavy atom. The predicted octanol–water partition coefficient (Wildman–Crippen LogP) is 5.32. The van der Waals surface area contributed by atoms with E-state index in [0.717, 1.165) is 40.3 Å². The summed E-state index contributed by atoms with van der Waals surface area (Å²) in [7, 11) is 2.01. The Bertz CT molecular complexity index is 1340. The summed E-state index contributed by atoms with van der Waals surface area (Å²) >= 11 is 3.44. The number of ether oxygens (including phenoxy) is 4. The van der Waals surface area contributed by atoms with E-state index in [4.69, 9.17) is 18.9 Å². The molecule has 1 aromatic carbocycles. The van der Waals surface area contributed by atoms with Gasteiger partial charge in [-0.05, 0) is 60.1 Å². The number of esters is 4. The minimum absolute atomic E-state index is 0.0434. The normalized spacial score (nSPS) is 22.0. The lowest BCUT2D eigenvalue weighted by Gasteiger charge is -2.57. The van der Waals surface area contributed by atoms with Crippen molar-refractivity contribution < 1.29 is 38.1 Å². The summed E-state index contributed by atoms with van der Waals surface area (Å²) in [6.45, 7) is 13.3. The number of nitrogens with zero attached hydrogens (tertiary/aromatic N) is 1. The second-order valence-corrected chi connectivity index (χ2v) is 14.3. The molecular formula is C30H37NO8S3. The zero-order chi connectivity index (χ0) is 31.0. The molecule has 3 aliphatic rings. The zero-order valence-electron chi connectivity index (χ0n) is 25.2. The van der Waals surface area contributed by atoms with Crippen molar-refractivity contribution in [2.75, 3.05) is 38.4 Å². The van der Waals surface area contributed by atoms with Gasteiger partial charge in [-0.1, -0.05) is 41.2 Å². The van der Waals surface area contributed by atoms with E-state index in [2.05, 4.69) is 24.8 Å². The Hall–Kier alpha value is -2.57. The number of carbonyl (C=O) groups is 4. The molecule has 12 heteroatoms. The Morgan fingerprint density at radius 1 is 0.786 bits per heavy atom. The van der Waals surface area contributed by atoms with E-state index in [0.29, 0.717) is 0 Å². The van der Waals surface area contributed by atoms with E-state index < -0.39 is 39.4 Å². The second-order valence-electron chi connectivity index (χ2n) is 10.4. The Morgan fingerprint density at radius 2 is 1.26 bits per heavy atom. The van der Waals surface area contributed by atoms with Gasteiger partial charge in [-0.2, -0.15) is 0 Å². The van der Waals surface area contributed by atoms with E-state index in [1.54, 1.807) is 27.7 Å². The average Bonchev–Trinajstić information content (AvgIpc) is 3.32. The first-order valence-electron chi connectivity index (χ1n) is 14.0. The van der Waals surface area contributed by atoms with Crippen LogP contribution in [0.15, 0.2) is 38.5 Å². The van der Waals surface area contributed by atoms with Crippen LogP contribution in [0.1, 0.15) is 58.6 Å². The molecule has 1 spiro atoms. The molecule has 3 aliphatic heterocycles. The van der Waals surface area contributed by atoms with Gasteiger partial charge in [0.25, 0.3) is 0 Å². The van der Waals surface area contributed by atoms with E-state index in [1.165, 1.54) is 11.8 Å². The molecule has 0 saturated heterocycles. The van der Waals surface area contributed by atoms with Gasteiger partial charge in [-0.15, -0.1) is 11.8 Å². The molecule has 9 nitrogen and oxygen atoms in total. The molecule has 0 unspecified atom stereocenters. The molecule has 0 amide bonds. The minimum Gasteiger partial charge on any atom is -0.463 e. The van der Waals surface area contributed by atoms with E-state index in [9.17, 15) is 19.2 Å². The van der Waals surface area contributed by atoms with E-state index in [-0.39, 0.29) is 52.0 Å². The standard InChI is InChI=1S/C30H37NO8S3/c1-9-36-25(32)20-21(26(33)37-10-2)40-24-19(17-15-16(5)13-14-18(17)31(8)29(24,6)7)30(20)41-22(27(34)38-11-3)23(42-30)28(35)39-12-4/h13-15,19,24H,9-12H2,1-8H3/t19-,24+/m1/s1. The molecular weight excluding hydrogens is 599 g/mol. The van der Waals surface area contributed by atoms with Gasteiger partial charge in [0, 0.05) is 29.4 Å². The highest BCUT2D eigenvalue weighted by Crippen LogP contribution is 2.72. The Balaban J connectivity index is 2.11. The van der Waals surface area contributed by atoms with Crippen LogP contribution >= 0.6 is 35.3 Å². The third kappa shape index (κ3) is 5.34. The summed E-state index contributed by atoms with van der Waals surface area (Å²) in [4.78, 5) is 56.8. The number of fused-ring (bicyclic) bond motifs is 4. The van der Waals surface area contributed by atoms with Crippen LogP contribution in [0.2, 0.25) is 0 Å². The smallest absolute Gasteiger partial charge is 0.346 e. The molecule has 2 atom stereocenters. The fourth-order valence-electron chi connectivity index (χ4n) is 5.51. The van der Waals surface area contributed by atoms with Crippen molar-refractivity contribution in [2.24, 2.45) is 0 Å². The molecule has 0 aliphatic carbocycles. The largest absolute Gasteiger partial charge is 0.463 e. The lowest BCUT2D eigenvalue weighted by molar-refractivity contribution is -0.141. The highest BCUT2D eigenvalue weighted by atomic mass is 32.2. The maximum absolute atomic E-state index is 14.0. The third-order valence-corrected chi connectivity index (χ3v) is 12.6. The molecule has 4 rings (SSSR count). The van der Waals surface area contributed by atoms with Gasteiger partial charge in [0.15, 0.2) is 0 Å². The summed E-state index contributed by atoms with van der Waals surface area (Å²) in [5.74, 6) is -3.19. The number of rotatable bonds is 8. The monoisotopic (exact) mass is 635 g/mol. The van der Waals surface area contributed by atoms with Crippen molar-refractivity contribution in [2.45, 2.75) is 69.3 Å². The maximum Gasteiger partial charge on any atom is 0.346 e. The molecule has 0 N–H and O–H groups in total. The lowest BCUT2D eigenvalue weighted by atomic mass is 9.74. The number of carbonyl (C=O) groups excluding carboxylic acids is 4. The molecule has 1 aromatic rings. The molecule has 42 heavy (non-hydrogen) atoms. The van der Waals surface area contributed by atoms with Crippen molar-refractivity contribution in [1.29, 1.82) is 0 Å². The first-order valence-corrected chi connectivity index (χ1v) is 16.5. The second kappa shape index (κ2) is 12.6. The van der Waals surface area contributed by atoms with Crippen LogP contribution in [0.25, 0.3) is 0 Å². The molecule has 0 fully saturated rings. The summed E-state index contributed by atoms with van der Waals surface area (Å²) < 4.78 is 20.5. The average molecular weight is 636 g/mol. The number of hydrogen-bond acceptors (Lipinski definition) is 12. The molecule has 0 radical (unpaired) electrons. The SMILES string of the molecule is CCOC(=O)C1=C(C(=O)OCC)SC2(S1)C(C(=O)OCC)=C(C(=O)OCC)S[C@H]1[C@H]2c2cc(C)ccc2N(C)C1(C)C. The number of anilines is 1. The Kier molecular flexibility index (Phi) is 9.69. The van der Waals surface area contributed by atoms with Gasteiger partial charge < -0.3 is 23.8 Å². The highest BCUT2D eigenvalue weighted by molar-refractivity contribution is 8.26. The maximum atomic E-state index is 14.0. The fraction of sp³-hybridized carbons (Fsp3) is 0.533. The van der Waals surface area contributed by atoms with Crippen molar-refractivity contribution >= 4 is 64.9 Å². The first kappa shape index (κ1) is 32.3. The van der Waals surface area contributed by atoms with Crippen molar-refractivity contribution in [3.05, 3.63) is 49.6 Å². The van der Waals surface area contributed by atoms with Crippen LogP contribution in [0.3, 0.4) is 0 Å². The third-order valence-electron chi connectivity index (χ3n) is 7.55. The highest BCUT2D eigenvalue weighted by Gasteiger charge is 2.66. The van der Waals surface area contributed by atoms with Crippen LogP contribution in [0.5, 0.6) is 0 Å². The summed E-state index contributed by atoms with van der Waals surface area (Å²) in [6.07, 6.45) is 0. The molecule has 0 bridgehead atoms.